The van der Waals surface area contributed by atoms with E-state index in [0.717, 1.165) is 0 Å². The van der Waals surface area contributed by atoms with Crippen LogP contribution in [0.3, 0.4) is 0 Å². The van der Waals surface area contributed by atoms with Crippen LogP contribution in [0.4, 0.5) is 8.78 Å². The molecule has 3 rings (SSSR count). The molecule has 2 fully saturated rings. The predicted octanol–water partition coefficient (Wildman–Crippen LogP) is 2.98. The molecule has 134 valence electrons. The van der Waals surface area contributed by atoms with Gasteiger partial charge in [-0.3, -0.25) is 9.59 Å². The van der Waals surface area contributed by atoms with Crippen molar-refractivity contribution in [2.24, 2.45) is 11.3 Å². The molecule has 2 aliphatic rings. The quantitative estimate of drug-likeness (QED) is 0.892. The van der Waals surface area contributed by atoms with E-state index in [1.807, 2.05) is 13.0 Å². The average Bonchev–Trinajstić information content (AvgIpc) is 3.07. The van der Waals surface area contributed by atoms with Crippen LogP contribution in [-0.4, -0.2) is 28.3 Å². The molecule has 1 N–H and O–H groups in total. The van der Waals surface area contributed by atoms with Crippen molar-refractivity contribution in [2.45, 2.75) is 51.5 Å². The summed E-state index contributed by atoms with van der Waals surface area (Å²) in [6.07, 6.45) is 3.47. The Morgan fingerprint density at radius 3 is 2.72 bits per heavy atom. The van der Waals surface area contributed by atoms with Crippen molar-refractivity contribution in [1.29, 1.82) is 5.26 Å². The number of nitrogens with one attached hydrogen (secondary N) is 1. The Morgan fingerprint density at radius 1 is 1.40 bits per heavy atom. The normalized spacial score (nSPS) is 31.1. The zero-order valence-corrected chi connectivity index (χ0v) is 14.3. The van der Waals surface area contributed by atoms with Crippen molar-refractivity contribution in [3.05, 3.63) is 33.7 Å². The number of rotatable bonds is 2. The van der Waals surface area contributed by atoms with Crippen LogP contribution in [-0.2, 0) is 4.79 Å². The monoisotopic (exact) mass is 349 g/mol. The van der Waals surface area contributed by atoms with Gasteiger partial charge < -0.3 is 9.88 Å². The number of carbonyl (C=O) groups excluding carboxylic acids is 1. The fourth-order valence-corrected chi connectivity index (χ4v) is 4.10. The van der Waals surface area contributed by atoms with Gasteiger partial charge in [0.2, 0.25) is 11.3 Å². The molecule has 1 unspecified atom stereocenters. The lowest BCUT2D eigenvalue weighted by Gasteiger charge is -2.36. The molecule has 25 heavy (non-hydrogen) atoms. The van der Waals surface area contributed by atoms with Crippen LogP contribution < -0.4 is 5.43 Å². The van der Waals surface area contributed by atoms with E-state index in [-0.39, 0.29) is 24.3 Å². The Kier molecular flexibility index (Phi) is 4.18. The molecule has 1 saturated heterocycles. The summed E-state index contributed by atoms with van der Waals surface area (Å²) < 4.78 is 28.7. The van der Waals surface area contributed by atoms with Gasteiger partial charge in [0.15, 0.2) is 0 Å². The molecule has 5 nitrogen and oxygen atoms in total. The van der Waals surface area contributed by atoms with Crippen molar-refractivity contribution in [3.8, 4) is 6.07 Å². The van der Waals surface area contributed by atoms with Gasteiger partial charge >= 0.3 is 0 Å². The van der Waals surface area contributed by atoms with Gasteiger partial charge in [-0.25, -0.2) is 8.78 Å². The summed E-state index contributed by atoms with van der Waals surface area (Å²) in [6, 6.07) is 1.25. The van der Waals surface area contributed by atoms with Gasteiger partial charge in [0.25, 0.3) is 5.92 Å². The summed E-state index contributed by atoms with van der Waals surface area (Å²) in [5.74, 6) is -3.54. The van der Waals surface area contributed by atoms with Gasteiger partial charge in [0, 0.05) is 30.9 Å². The van der Waals surface area contributed by atoms with Crippen LogP contribution in [0.15, 0.2) is 17.2 Å². The standard InChI is InChI=1S/C18H21F2N3O2/c1-11-6-14(13-9-22-8-12(7-21)15(13)24)23(10-11)16(25)17(2)4-3-5-18(17,19)20/h8-9,11,14H,3-6,10H2,1-2H3,(H,22,24)/t11-,14+,17?/m1/s1. The van der Waals surface area contributed by atoms with Crippen LogP contribution in [0.1, 0.15) is 56.7 Å². The van der Waals surface area contributed by atoms with E-state index in [1.54, 1.807) is 0 Å². The first-order chi connectivity index (χ1) is 11.7. The van der Waals surface area contributed by atoms with E-state index in [1.165, 1.54) is 24.2 Å². The number of hydrogen-bond acceptors (Lipinski definition) is 3. The smallest absolute Gasteiger partial charge is 0.262 e. The molecular weight excluding hydrogens is 328 g/mol. The third-order valence-electron chi connectivity index (χ3n) is 5.67. The fourth-order valence-electron chi connectivity index (χ4n) is 4.10. The number of likely N-dealkylation sites (tertiary alicyclic amines) is 1. The van der Waals surface area contributed by atoms with E-state index in [9.17, 15) is 18.4 Å². The number of amides is 1. The van der Waals surface area contributed by atoms with Crippen molar-refractivity contribution in [3.63, 3.8) is 0 Å². The molecule has 1 aliphatic carbocycles. The zero-order valence-electron chi connectivity index (χ0n) is 14.3. The molecular formula is C18H21F2N3O2. The fraction of sp³-hybridized carbons (Fsp3) is 0.611. The minimum atomic E-state index is -3.04. The average molecular weight is 349 g/mol. The highest BCUT2D eigenvalue weighted by Gasteiger charge is 2.60. The number of hydrogen-bond donors (Lipinski definition) is 1. The number of carbonyl (C=O) groups is 1. The van der Waals surface area contributed by atoms with E-state index in [4.69, 9.17) is 5.26 Å². The van der Waals surface area contributed by atoms with Gasteiger partial charge in [-0.2, -0.15) is 5.26 Å². The van der Waals surface area contributed by atoms with E-state index in [2.05, 4.69) is 4.98 Å². The van der Waals surface area contributed by atoms with Crippen LogP contribution in [0.5, 0.6) is 0 Å². The summed E-state index contributed by atoms with van der Waals surface area (Å²) in [5.41, 5.74) is -1.92. The van der Waals surface area contributed by atoms with Crippen molar-refractivity contribution in [2.75, 3.05) is 6.54 Å². The van der Waals surface area contributed by atoms with Crippen LogP contribution in [0.25, 0.3) is 0 Å². The van der Waals surface area contributed by atoms with Crippen LogP contribution in [0, 0.1) is 22.7 Å². The number of H-pyrrole nitrogens is 1. The van der Waals surface area contributed by atoms with Crippen molar-refractivity contribution in [1.82, 2.24) is 9.88 Å². The summed E-state index contributed by atoms with van der Waals surface area (Å²) in [5, 5.41) is 9.05. The second-order valence-corrected chi connectivity index (χ2v) is 7.47. The Hall–Kier alpha value is -2.23. The van der Waals surface area contributed by atoms with Crippen LogP contribution in [0.2, 0.25) is 0 Å². The summed E-state index contributed by atoms with van der Waals surface area (Å²) in [6.45, 7) is 3.60. The molecule has 1 aromatic rings. The lowest BCUT2D eigenvalue weighted by atomic mass is 9.83. The van der Waals surface area contributed by atoms with E-state index in [0.29, 0.717) is 24.9 Å². The van der Waals surface area contributed by atoms with Crippen molar-refractivity contribution < 1.29 is 13.6 Å². The molecule has 1 amide bonds. The zero-order chi connectivity index (χ0) is 18.4. The Balaban J connectivity index is 2.00. The molecule has 1 aliphatic heterocycles. The molecule has 0 spiro atoms. The minimum Gasteiger partial charge on any atom is -0.366 e. The van der Waals surface area contributed by atoms with Gasteiger partial charge in [-0.15, -0.1) is 0 Å². The number of aromatic nitrogens is 1. The third kappa shape index (κ3) is 2.64. The highest BCUT2D eigenvalue weighted by atomic mass is 19.3. The summed E-state index contributed by atoms with van der Waals surface area (Å²) >= 11 is 0. The number of pyridine rings is 1. The van der Waals surface area contributed by atoms with Gasteiger partial charge in [-0.1, -0.05) is 6.92 Å². The Labute approximate surface area is 144 Å². The third-order valence-corrected chi connectivity index (χ3v) is 5.67. The highest BCUT2D eigenvalue weighted by molar-refractivity contribution is 5.84. The number of aromatic amines is 1. The molecule has 1 aromatic heterocycles. The molecule has 7 heteroatoms. The number of nitriles is 1. The highest BCUT2D eigenvalue weighted by Crippen LogP contribution is 2.52. The number of nitrogens with zero attached hydrogens (tertiary/aromatic N) is 2. The predicted molar refractivity (Wildman–Crippen MR) is 86.9 cm³/mol. The second kappa shape index (κ2) is 5.94. The molecule has 0 aromatic carbocycles. The van der Waals surface area contributed by atoms with Crippen molar-refractivity contribution >= 4 is 5.91 Å². The first kappa shape index (κ1) is 17.6. The second-order valence-electron chi connectivity index (χ2n) is 7.47. The largest absolute Gasteiger partial charge is 0.366 e. The Morgan fingerprint density at radius 2 is 2.12 bits per heavy atom. The minimum absolute atomic E-state index is 0.0399. The summed E-state index contributed by atoms with van der Waals surface area (Å²) in [7, 11) is 0. The molecule has 2 heterocycles. The summed E-state index contributed by atoms with van der Waals surface area (Å²) in [4.78, 5) is 29.7. The van der Waals surface area contributed by atoms with Gasteiger partial charge in [0.05, 0.1) is 6.04 Å². The van der Waals surface area contributed by atoms with E-state index >= 15 is 0 Å². The maximum absolute atomic E-state index is 14.4. The first-order valence-corrected chi connectivity index (χ1v) is 8.51. The SMILES string of the molecule is C[C@@H]1C[C@@H](c2c[nH]cc(C#N)c2=O)N(C(=O)C2(C)CCCC2(F)F)C1. The van der Waals surface area contributed by atoms with Crippen LogP contribution >= 0.6 is 0 Å². The number of halogens is 2. The molecule has 1 saturated carbocycles. The molecule has 0 radical (unpaired) electrons. The first-order valence-electron chi connectivity index (χ1n) is 8.51. The lowest BCUT2D eigenvalue weighted by molar-refractivity contribution is -0.163. The maximum atomic E-state index is 14.4. The van der Waals surface area contributed by atoms with Gasteiger partial charge in [0.1, 0.15) is 17.0 Å². The van der Waals surface area contributed by atoms with E-state index < -0.39 is 28.7 Å². The number of alkyl halides is 2. The molecule has 3 atom stereocenters. The van der Waals surface area contributed by atoms with Gasteiger partial charge in [-0.05, 0) is 32.1 Å². The molecule has 0 bridgehead atoms. The topological polar surface area (TPSA) is 77.0 Å². The maximum Gasteiger partial charge on any atom is 0.262 e. The Bertz CT molecular complexity index is 798. The lowest BCUT2D eigenvalue weighted by Crippen LogP contribution is -2.49.